The van der Waals surface area contributed by atoms with Crippen LogP contribution in [0, 0.1) is 10.1 Å². The van der Waals surface area contributed by atoms with Gasteiger partial charge in [0.15, 0.2) is 5.78 Å². The number of benzene rings is 2. The molecule has 0 amide bonds. The molecule has 0 atom stereocenters. The maximum absolute atomic E-state index is 12.5. The Bertz CT molecular complexity index is 962. The quantitative estimate of drug-likeness (QED) is 0.298. The van der Waals surface area contributed by atoms with Gasteiger partial charge in [-0.15, -0.1) is 0 Å². The number of carbonyl (C=O) groups excluding carboxylic acids is 1. The van der Waals surface area contributed by atoms with Crippen LogP contribution in [0.15, 0.2) is 59.5 Å². The zero-order valence-corrected chi connectivity index (χ0v) is 15.8. The zero-order chi connectivity index (χ0) is 20.0. The van der Waals surface area contributed by atoms with E-state index in [-0.39, 0.29) is 16.4 Å². The molecule has 0 aliphatic carbocycles. The Kier molecular flexibility index (Phi) is 6.59. The fourth-order valence-electron chi connectivity index (χ4n) is 2.56. The van der Waals surface area contributed by atoms with Gasteiger partial charge in [-0.25, -0.2) is 8.42 Å². The number of hydrogen-bond donors (Lipinski definition) is 0. The second-order valence-electron chi connectivity index (χ2n) is 5.63. The summed E-state index contributed by atoms with van der Waals surface area (Å²) in [6.45, 7) is 4.23. The lowest BCUT2D eigenvalue weighted by atomic mass is 10.1. The Hall–Kier alpha value is -2.84. The van der Waals surface area contributed by atoms with Crippen molar-refractivity contribution >= 4 is 27.6 Å². The van der Waals surface area contributed by atoms with Gasteiger partial charge >= 0.3 is 0 Å². The highest BCUT2D eigenvalue weighted by molar-refractivity contribution is 7.89. The first-order valence-corrected chi connectivity index (χ1v) is 9.81. The average molecular weight is 388 g/mol. The molecule has 0 unspecified atom stereocenters. The van der Waals surface area contributed by atoms with Crippen LogP contribution in [0.5, 0.6) is 0 Å². The second kappa shape index (κ2) is 8.70. The number of para-hydroxylation sites is 1. The van der Waals surface area contributed by atoms with Crippen LogP contribution in [0.4, 0.5) is 5.69 Å². The van der Waals surface area contributed by atoms with Gasteiger partial charge in [-0.2, -0.15) is 4.31 Å². The summed E-state index contributed by atoms with van der Waals surface area (Å²) in [6, 6.07) is 11.7. The molecule has 8 heteroatoms. The Morgan fingerprint density at radius 2 is 1.67 bits per heavy atom. The number of nitro groups is 1. The predicted molar refractivity (Wildman–Crippen MR) is 103 cm³/mol. The van der Waals surface area contributed by atoms with Gasteiger partial charge in [0.05, 0.1) is 15.4 Å². The fraction of sp³-hybridized carbons (Fsp3) is 0.211. The summed E-state index contributed by atoms with van der Waals surface area (Å²) in [6.07, 6.45) is 2.61. The molecule has 0 fully saturated rings. The number of rotatable bonds is 8. The van der Waals surface area contributed by atoms with Crippen molar-refractivity contribution in [2.24, 2.45) is 0 Å². The third-order valence-electron chi connectivity index (χ3n) is 4.03. The van der Waals surface area contributed by atoms with Crippen molar-refractivity contribution in [2.45, 2.75) is 18.7 Å². The molecular formula is C19H20N2O5S. The minimum atomic E-state index is -3.59. The molecule has 27 heavy (non-hydrogen) atoms. The van der Waals surface area contributed by atoms with Gasteiger partial charge < -0.3 is 0 Å². The summed E-state index contributed by atoms with van der Waals surface area (Å²) in [7, 11) is -3.59. The van der Waals surface area contributed by atoms with Gasteiger partial charge in [0.25, 0.3) is 5.69 Å². The van der Waals surface area contributed by atoms with Gasteiger partial charge in [0.2, 0.25) is 10.0 Å². The lowest BCUT2D eigenvalue weighted by Gasteiger charge is -2.18. The molecule has 0 radical (unpaired) electrons. The van der Waals surface area contributed by atoms with Crippen LogP contribution in [0.1, 0.15) is 29.8 Å². The first-order valence-electron chi connectivity index (χ1n) is 8.37. The van der Waals surface area contributed by atoms with E-state index >= 15 is 0 Å². The van der Waals surface area contributed by atoms with E-state index in [1.54, 1.807) is 32.0 Å². The summed E-state index contributed by atoms with van der Waals surface area (Å²) in [5.74, 6) is -0.375. The number of sulfonamides is 1. The Balaban J connectivity index is 2.23. The van der Waals surface area contributed by atoms with E-state index in [0.717, 1.165) is 0 Å². The van der Waals surface area contributed by atoms with Crippen molar-refractivity contribution in [3.8, 4) is 0 Å². The fourth-order valence-corrected chi connectivity index (χ4v) is 4.02. The maximum Gasteiger partial charge on any atom is 0.276 e. The first-order chi connectivity index (χ1) is 12.8. The van der Waals surface area contributed by atoms with Gasteiger partial charge in [0.1, 0.15) is 0 Å². The lowest BCUT2D eigenvalue weighted by Crippen LogP contribution is -2.30. The molecule has 0 aliphatic heterocycles. The molecule has 0 N–H and O–H groups in total. The molecule has 2 aromatic rings. The zero-order valence-electron chi connectivity index (χ0n) is 15.0. The number of allylic oxidation sites excluding steroid dienone is 1. The van der Waals surface area contributed by atoms with E-state index in [0.29, 0.717) is 24.2 Å². The van der Waals surface area contributed by atoms with E-state index in [1.807, 2.05) is 0 Å². The number of ketones is 1. The Labute approximate surface area is 158 Å². The van der Waals surface area contributed by atoms with Gasteiger partial charge in [-0.3, -0.25) is 14.9 Å². The standard InChI is InChI=1S/C19H20N2O5S/c1-3-20(4-2)27(25,26)17-12-9-16(10-13-17)19(22)14-11-15-7-5-6-8-18(15)21(23)24/h5-14H,3-4H2,1-2H3. The van der Waals surface area contributed by atoms with Crippen molar-refractivity contribution in [2.75, 3.05) is 13.1 Å². The molecular weight excluding hydrogens is 368 g/mol. The lowest BCUT2D eigenvalue weighted by molar-refractivity contribution is -0.385. The SMILES string of the molecule is CCN(CC)S(=O)(=O)c1ccc(C(=O)C=Cc2ccccc2[N+](=O)[O-])cc1. The van der Waals surface area contributed by atoms with Crippen molar-refractivity contribution in [1.29, 1.82) is 0 Å². The minimum absolute atomic E-state index is 0.0952. The van der Waals surface area contributed by atoms with Crippen LogP contribution in [0.25, 0.3) is 6.08 Å². The average Bonchev–Trinajstić information content (AvgIpc) is 2.67. The molecule has 2 aromatic carbocycles. The van der Waals surface area contributed by atoms with Crippen molar-refractivity contribution in [3.05, 3.63) is 75.8 Å². The predicted octanol–water partition coefficient (Wildman–Crippen LogP) is 3.52. The van der Waals surface area contributed by atoms with E-state index in [1.165, 1.54) is 46.8 Å². The normalized spacial score (nSPS) is 11.8. The van der Waals surface area contributed by atoms with Crippen LogP contribution in [0.2, 0.25) is 0 Å². The smallest absolute Gasteiger partial charge is 0.276 e. The van der Waals surface area contributed by atoms with Gasteiger partial charge in [-0.05, 0) is 42.5 Å². The second-order valence-corrected chi connectivity index (χ2v) is 7.57. The van der Waals surface area contributed by atoms with Crippen molar-refractivity contribution < 1.29 is 18.1 Å². The molecule has 0 heterocycles. The molecule has 0 bridgehead atoms. The molecule has 0 spiro atoms. The summed E-state index contributed by atoms with van der Waals surface area (Å²) in [4.78, 5) is 22.9. The molecule has 0 saturated heterocycles. The van der Waals surface area contributed by atoms with Gasteiger partial charge in [0, 0.05) is 24.7 Å². The van der Waals surface area contributed by atoms with Crippen LogP contribution >= 0.6 is 0 Å². The number of nitrogens with zero attached hydrogens (tertiary/aromatic N) is 2. The summed E-state index contributed by atoms with van der Waals surface area (Å²) >= 11 is 0. The molecule has 2 rings (SSSR count). The van der Waals surface area contributed by atoms with Crippen LogP contribution in [0.3, 0.4) is 0 Å². The molecule has 0 aliphatic rings. The molecule has 142 valence electrons. The third kappa shape index (κ3) is 4.66. The monoisotopic (exact) mass is 388 g/mol. The van der Waals surface area contributed by atoms with Crippen LogP contribution in [-0.4, -0.2) is 36.5 Å². The van der Waals surface area contributed by atoms with E-state index in [9.17, 15) is 23.3 Å². The molecule has 0 aromatic heterocycles. The Morgan fingerprint density at radius 3 is 2.22 bits per heavy atom. The minimum Gasteiger partial charge on any atom is -0.289 e. The topological polar surface area (TPSA) is 97.6 Å². The highest BCUT2D eigenvalue weighted by Crippen LogP contribution is 2.20. The van der Waals surface area contributed by atoms with Crippen LogP contribution < -0.4 is 0 Å². The Morgan fingerprint density at radius 1 is 1.07 bits per heavy atom. The maximum atomic E-state index is 12.5. The summed E-state index contributed by atoms with van der Waals surface area (Å²) in [5.41, 5.74) is 0.516. The first kappa shape index (κ1) is 20.5. The number of nitro benzene ring substituents is 1. The number of carbonyl (C=O) groups is 1. The summed E-state index contributed by atoms with van der Waals surface area (Å²) in [5, 5.41) is 11.0. The largest absolute Gasteiger partial charge is 0.289 e. The van der Waals surface area contributed by atoms with Gasteiger partial charge in [-0.1, -0.05) is 26.0 Å². The van der Waals surface area contributed by atoms with E-state index in [2.05, 4.69) is 0 Å². The number of hydrogen-bond acceptors (Lipinski definition) is 5. The van der Waals surface area contributed by atoms with Crippen LogP contribution in [-0.2, 0) is 10.0 Å². The highest BCUT2D eigenvalue weighted by atomic mass is 32.2. The molecule has 7 nitrogen and oxygen atoms in total. The van der Waals surface area contributed by atoms with Crippen molar-refractivity contribution in [1.82, 2.24) is 4.31 Å². The third-order valence-corrected chi connectivity index (χ3v) is 6.09. The highest BCUT2D eigenvalue weighted by Gasteiger charge is 2.21. The summed E-state index contributed by atoms with van der Waals surface area (Å²) < 4.78 is 26.2. The van der Waals surface area contributed by atoms with E-state index < -0.39 is 14.9 Å². The molecule has 0 saturated carbocycles. The van der Waals surface area contributed by atoms with Crippen molar-refractivity contribution in [3.63, 3.8) is 0 Å². The van der Waals surface area contributed by atoms with E-state index in [4.69, 9.17) is 0 Å².